The maximum Gasteiger partial charge on any atom is 0.0128 e. The van der Waals surface area contributed by atoms with Crippen LogP contribution < -0.4 is 0 Å². The molecule has 3 aromatic rings. The molecule has 0 fully saturated rings. The predicted octanol–water partition coefficient (Wildman–Crippen LogP) is 4.79. The number of hydrogen-bond acceptors (Lipinski definition) is 1. The van der Waals surface area contributed by atoms with Crippen LogP contribution in [0.15, 0.2) is 76.5 Å². The SMILES string of the molecule is [c]1ccc2cc(Sc3ccccc3)ccc2c1. The average Bonchev–Trinajstić information content (AvgIpc) is 2.40. The van der Waals surface area contributed by atoms with Crippen LogP contribution in [-0.4, -0.2) is 0 Å². The van der Waals surface area contributed by atoms with Gasteiger partial charge in [-0.15, -0.1) is 0 Å². The Balaban J connectivity index is 1.96. The zero-order valence-electron chi connectivity index (χ0n) is 9.26. The van der Waals surface area contributed by atoms with Crippen molar-refractivity contribution in [2.45, 2.75) is 9.79 Å². The monoisotopic (exact) mass is 235 g/mol. The van der Waals surface area contributed by atoms with Crippen molar-refractivity contribution in [3.05, 3.63) is 72.8 Å². The quantitative estimate of drug-likeness (QED) is 0.615. The third-order valence-electron chi connectivity index (χ3n) is 2.64. The third kappa shape index (κ3) is 2.34. The lowest BCUT2D eigenvalue weighted by Gasteiger charge is -2.03. The van der Waals surface area contributed by atoms with Crippen LogP contribution in [0.4, 0.5) is 0 Å². The molecule has 0 saturated carbocycles. The molecular weight excluding hydrogens is 224 g/mol. The predicted molar refractivity (Wildman–Crippen MR) is 73.3 cm³/mol. The number of fused-ring (bicyclic) bond motifs is 1. The van der Waals surface area contributed by atoms with E-state index in [9.17, 15) is 0 Å². The van der Waals surface area contributed by atoms with E-state index in [0.717, 1.165) is 0 Å². The molecule has 0 aliphatic rings. The second kappa shape index (κ2) is 4.64. The standard InChI is InChI=1S/C16H11S/c1-2-8-15(9-3-1)17-16-11-10-13-6-4-5-7-14(13)12-16/h1-3,5-12H. The lowest BCUT2D eigenvalue weighted by Crippen LogP contribution is -1.75. The van der Waals surface area contributed by atoms with E-state index in [2.05, 4.69) is 54.6 Å². The van der Waals surface area contributed by atoms with Crippen LogP contribution in [0.2, 0.25) is 0 Å². The minimum atomic E-state index is 1.24. The summed E-state index contributed by atoms with van der Waals surface area (Å²) in [5.41, 5.74) is 0. The lowest BCUT2D eigenvalue weighted by atomic mass is 10.1. The Morgan fingerprint density at radius 2 is 1.65 bits per heavy atom. The van der Waals surface area contributed by atoms with Crippen LogP contribution in [0.1, 0.15) is 0 Å². The minimum Gasteiger partial charge on any atom is -0.0901 e. The summed E-state index contributed by atoms with van der Waals surface area (Å²) in [7, 11) is 0. The number of rotatable bonds is 2. The summed E-state index contributed by atoms with van der Waals surface area (Å²) >= 11 is 1.79. The smallest absolute Gasteiger partial charge is 0.0128 e. The summed E-state index contributed by atoms with van der Waals surface area (Å²) in [6, 6.07) is 26.2. The molecular formula is C16H11S. The fourth-order valence-electron chi connectivity index (χ4n) is 1.79. The maximum absolute atomic E-state index is 3.10. The van der Waals surface area contributed by atoms with Crippen LogP contribution in [0.25, 0.3) is 10.8 Å². The molecule has 0 amide bonds. The highest BCUT2D eigenvalue weighted by molar-refractivity contribution is 7.99. The van der Waals surface area contributed by atoms with Crippen molar-refractivity contribution in [1.82, 2.24) is 0 Å². The first-order valence-corrected chi connectivity index (χ1v) is 6.36. The van der Waals surface area contributed by atoms with Gasteiger partial charge in [-0.25, -0.2) is 0 Å². The molecule has 0 aliphatic heterocycles. The van der Waals surface area contributed by atoms with Crippen molar-refractivity contribution in [3.8, 4) is 0 Å². The van der Waals surface area contributed by atoms with E-state index in [-0.39, 0.29) is 0 Å². The normalized spacial score (nSPS) is 10.6. The van der Waals surface area contributed by atoms with Crippen LogP contribution in [-0.2, 0) is 0 Å². The Bertz CT molecular complexity index is 629. The van der Waals surface area contributed by atoms with Gasteiger partial charge >= 0.3 is 0 Å². The molecule has 0 saturated heterocycles. The molecule has 1 radical (unpaired) electrons. The van der Waals surface area contributed by atoms with Crippen molar-refractivity contribution in [2.75, 3.05) is 0 Å². The Morgan fingerprint density at radius 1 is 0.765 bits per heavy atom. The lowest BCUT2D eigenvalue weighted by molar-refractivity contribution is 1.42. The van der Waals surface area contributed by atoms with Crippen LogP contribution in [0, 0.1) is 6.07 Å². The molecule has 0 bridgehead atoms. The topological polar surface area (TPSA) is 0 Å². The molecule has 17 heavy (non-hydrogen) atoms. The highest BCUT2D eigenvalue weighted by atomic mass is 32.2. The summed E-state index contributed by atoms with van der Waals surface area (Å²) < 4.78 is 0. The average molecular weight is 235 g/mol. The fraction of sp³-hybridized carbons (Fsp3) is 0. The Morgan fingerprint density at radius 3 is 2.53 bits per heavy atom. The first-order valence-electron chi connectivity index (χ1n) is 5.54. The van der Waals surface area contributed by atoms with Crippen molar-refractivity contribution >= 4 is 22.5 Å². The van der Waals surface area contributed by atoms with Gasteiger partial charge in [0.2, 0.25) is 0 Å². The maximum atomic E-state index is 3.10. The Labute approximate surface area is 105 Å². The third-order valence-corrected chi connectivity index (χ3v) is 3.63. The molecule has 1 heteroatoms. The van der Waals surface area contributed by atoms with E-state index in [0.29, 0.717) is 0 Å². The molecule has 0 nitrogen and oxygen atoms in total. The van der Waals surface area contributed by atoms with Crippen LogP contribution in [0.3, 0.4) is 0 Å². The van der Waals surface area contributed by atoms with Crippen LogP contribution in [0.5, 0.6) is 0 Å². The second-order valence-corrected chi connectivity index (χ2v) is 5.00. The molecule has 0 heterocycles. The second-order valence-electron chi connectivity index (χ2n) is 3.85. The first-order chi connectivity index (χ1) is 8.42. The first kappa shape index (κ1) is 10.4. The zero-order valence-corrected chi connectivity index (χ0v) is 10.1. The van der Waals surface area contributed by atoms with Crippen molar-refractivity contribution < 1.29 is 0 Å². The highest BCUT2D eigenvalue weighted by Gasteiger charge is 1.98. The van der Waals surface area contributed by atoms with Gasteiger partial charge in [0.25, 0.3) is 0 Å². The molecule has 81 valence electrons. The van der Waals surface area contributed by atoms with Gasteiger partial charge in [0.05, 0.1) is 0 Å². The number of hydrogen-bond donors (Lipinski definition) is 0. The van der Waals surface area contributed by atoms with Gasteiger partial charge in [-0.2, -0.15) is 0 Å². The zero-order chi connectivity index (χ0) is 11.5. The van der Waals surface area contributed by atoms with Gasteiger partial charge in [0, 0.05) is 9.79 Å². The summed E-state index contributed by atoms with van der Waals surface area (Å²) in [4.78, 5) is 2.55. The van der Waals surface area contributed by atoms with Gasteiger partial charge in [0.15, 0.2) is 0 Å². The van der Waals surface area contributed by atoms with E-state index >= 15 is 0 Å². The minimum absolute atomic E-state index is 1.24. The van der Waals surface area contributed by atoms with Crippen LogP contribution >= 0.6 is 11.8 Å². The van der Waals surface area contributed by atoms with E-state index in [1.807, 2.05) is 18.2 Å². The van der Waals surface area contributed by atoms with Gasteiger partial charge in [-0.3, -0.25) is 0 Å². The molecule has 3 aromatic carbocycles. The highest BCUT2D eigenvalue weighted by Crippen LogP contribution is 2.29. The fourth-order valence-corrected chi connectivity index (χ4v) is 2.68. The molecule has 0 unspecified atom stereocenters. The van der Waals surface area contributed by atoms with E-state index in [4.69, 9.17) is 0 Å². The molecule has 0 atom stereocenters. The molecule has 0 aromatic heterocycles. The van der Waals surface area contributed by atoms with Gasteiger partial charge in [0.1, 0.15) is 0 Å². The molecule has 0 aliphatic carbocycles. The van der Waals surface area contributed by atoms with Crippen molar-refractivity contribution in [2.24, 2.45) is 0 Å². The molecule has 3 rings (SSSR count). The summed E-state index contributed by atoms with van der Waals surface area (Å²) in [5, 5.41) is 2.51. The number of benzene rings is 3. The Hall–Kier alpha value is -1.73. The van der Waals surface area contributed by atoms with Gasteiger partial charge in [-0.1, -0.05) is 48.2 Å². The summed E-state index contributed by atoms with van der Waals surface area (Å²) in [6.07, 6.45) is 0. The Kier molecular flexibility index (Phi) is 2.85. The largest absolute Gasteiger partial charge is 0.0901 e. The molecule has 0 N–H and O–H groups in total. The molecule has 0 spiro atoms. The summed E-state index contributed by atoms with van der Waals surface area (Å²) in [6.45, 7) is 0. The van der Waals surface area contributed by atoms with Crippen molar-refractivity contribution in [1.29, 1.82) is 0 Å². The van der Waals surface area contributed by atoms with E-state index < -0.39 is 0 Å². The van der Waals surface area contributed by atoms with E-state index in [1.54, 1.807) is 11.8 Å². The van der Waals surface area contributed by atoms with E-state index in [1.165, 1.54) is 20.6 Å². The summed E-state index contributed by atoms with van der Waals surface area (Å²) in [5.74, 6) is 0. The van der Waals surface area contributed by atoms with Crippen molar-refractivity contribution in [3.63, 3.8) is 0 Å². The van der Waals surface area contributed by atoms with Gasteiger partial charge < -0.3 is 0 Å². The van der Waals surface area contributed by atoms with Gasteiger partial charge in [-0.05, 0) is 47.2 Å².